The highest BCUT2D eigenvalue weighted by molar-refractivity contribution is 6.34. The molecule has 2 aromatic heterocycles. The van der Waals surface area contributed by atoms with Crippen LogP contribution in [0.2, 0.25) is 5.02 Å². The fraction of sp³-hybridized carbons (Fsp3) is 0. The van der Waals surface area contributed by atoms with Gasteiger partial charge in [0, 0.05) is 24.3 Å². The molecule has 3 N–H and O–H groups in total. The summed E-state index contributed by atoms with van der Waals surface area (Å²) in [5, 5.41) is 14.3. The number of halogens is 1. The number of pyridine rings is 1. The SMILES string of the molecule is O=C(Nc1ccccn1)c1ccc(NC(=O)c2nccnc2C(=O)O)cc1Cl. The third kappa shape index (κ3) is 4.27. The van der Waals surface area contributed by atoms with Crippen molar-refractivity contribution < 1.29 is 19.5 Å². The Morgan fingerprint density at radius 2 is 1.61 bits per heavy atom. The van der Waals surface area contributed by atoms with E-state index in [1.165, 1.54) is 36.8 Å². The summed E-state index contributed by atoms with van der Waals surface area (Å²) in [5.41, 5.74) is -0.386. The predicted molar refractivity (Wildman–Crippen MR) is 101 cm³/mol. The molecule has 0 saturated carbocycles. The van der Waals surface area contributed by atoms with Crippen LogP contribution in [0.5, 0.6) is 0 Å². The van der Waals surface area contributed by atoms with Gasteiger partial charge in [-0.2, -0.15) is 0 Å². The number of carboxylic acids is 1. The summed E-state index contributed by atoms with van der Waals surface area (Å²) in [4.78, 5) is 47.1. The Labute approximate surface area is 163 Å². The van der Waals surface area contributed by atoms with Crippen LogP contribution in [0.15, 0.2) is 55.0 Å². The third-order valence-electron chi connectivity index (χ3n) is 3.49. The van der Waals surface area contributed by atoms with E-state index in [9.17, 15) is 14.4 Å². The summed E-state index contributed by atoms with van der Waals surface area (Å²) in [6.45, 7) is 0. The van der Waals surface area contributed by atoms with Crippen LogP contribution in [-0.4, -0.2) is 37.8 Å². The number of hydrogen-bond donors (Lipinski definition) is 3. The maximum atomic E-state index is 12.3. The van der Waals surface area contributed by atoms with Gasteiger partial charge in [-0.05, 0) is 30.3 Å². The van der Waals surface area contributed by atoms with Crippen molar-refractivity contribution in [2.75, 3.05) is 10.6 Å². The lowest BCUT2D eigenvalue weighted by molar-refractivity contribution is 0.0684. The molecule has 140 valence electrons. The molecular weight excluding hydrogens is 386 g/mol. The Morgan fingerprint density at radius 3 is 2.25 bits per heavy atom. The van der Waals surface area contributed by atoms with Crippen molar-refractivity contribution >= 4 is 40.9 Å². The standard InChI is InChI=1S/C18H12ClN5O4/c19-12-9-10(23-17(26)14-15(18(27)28)22-8-7-21-14)4-5-11(12)16(25)24-13-3-1-2-6-20-13/h1-9H,(H,23,26)(H,27,28)(H,20,24,25). The zero-order chi connectivity index (χ0) is 20.1. The molecule has 0 unspecified atom stereocenters. The van der Waals surface area contributed by atoms with Crippen molar-refractivity contribution in [1.82, 2.24) is 15.0 Å². The average molecular weight is 398 g/mol. The van der Waals surface area contributed by atoms with Gasteiger partial charge in [-0.1, -0.05) is 17.7 Å². The number of hydrogen-bond acceptors (Lipinski definition) is 6. The highest BCUT2D eigenvalue weighted by Crippen LogP contribution is 2.22. The van der Waals surface area contributed by atoms with Crippen molar-refractivity contribution in [2.24, 2.45) is 0 Å². The molecule has 1 aromatic carbocycles. The molecule has 0 fully saturated rings. The highest BCUT2D eigenvalue weighted by Gasteiger charge is 2.20. The van der Waals surface area contributed by atoms with Crippen molar-refractivity contribution in [3.05, 3.63) is 77.0 Å². The van der Waals surface area contributed by atoms with Crippen LogP contribution in [-0.2, 0) is 0 Å². The molecule has 0 bridgehead atoms. The second-order valence-corrected chi connectivity index (χ2v) is 5.78. The van der Waals surface area contributed by atoms with Crippen molar-refractivity contribution in [3.63, 3.8) is 0 Å². The topological polar surface area (TPSA) is 134 Å². The zero-order valence-electron chi connectivity index (χ0n) is 14.1. The number of rotatable bonds is 5. The lowest BCUT2D eigenvalue weighted by atomic mass is 10.2. The van der Waals surface area contributed by atoms with Gasteiger partial charge in [-0.3, -0.25) is 9.59 Å². The van der Waals surface area contributed by atoms with E-state index in [-0.39, 0.29) is 22.0 Å². The summed E-state index contributed by atoms with van der Waals surface area (Å²) in [7, 11) is 0. The van der Waals surface area contributed by atoms with Gasteiger partial charge in [-0.15, -0.1) is 0 Å². The smallest absolute Gasteiger partial charge is 0.356 e. The Hall–Kier alpha value is -3.85. The van der Waals surface area contributed by atoms with Crippen molar-refractivity contribution in [2.45, 2.75) is 0 Å². The number of benzene rings is 1. The van der Waals surface area contributed by atoms with E-state index in [0.717, 1.165) is 0 Å². The summed E-state index contributed by atoms with van der Waals surface area (Å²) >= 11 is 6.15. The quantitative estimate of drug-likeness (QED) is 0.602. The molecule has 10 heteroatoms. The maximum Gasteiger partial charge on any atom is 0.356 e. The first-order valence-corrected chi connectivity index (χ1v) is 8.21. The number of aromatic carboxylic acids is 1. The molecule has 0 spiro atoms. The second kappa shape index (κ2) is 8.23. The van der Waals surface area contributed by atoms with Crippen LogP contribution in [0, 0.1) is 0 Å². The third-order valence-corrected chi connectivity index (χ3v) is 3.81. The first-order valence-electron chi connectivity index (χ1n) is 7.83. The summed E-state index contributed by atoms with van der Waals surface area (Å²) < 4.78 is 0. The summed E-state index contributed by atoms with van der Waals surface area (Å²) in [6, 6.07) is 9.30. The van der Waals surface area contributed by atoms with Gasteiger partial charge in [-0.25, -0.2) is 19.7 Å². The largest absolute Gasteiger partial charge is 0.476 e. The number of carboxylic acid groups (broad SMARTS) is 1. The van der Waals surface area contributed by atoms with Gasteiger partial charge in [0.25, 0.3) is 11.8 Å². The minimum Gasteiger partial charge on any atom is -0.476 e. The van der Waals surface area contributed by atoms with E-state index in [2.05, 4.69) is 25.6 Å². The van der Waals surface area contributed by atoms with Gasteiger partial charge in [0.05, 0.1) is 10.6 Å². The lowest BCUT2D eigenvalue weighted by Crippen LogP contribution is -2.19. The Bertz CT molecular complexity index is 1060. The van der Waals surface area contributed by atoms with Gasteiger partial charge < -0.3 is 15.7 Å². The minimum absolute atomic E-state index is 0.0869. The van der Waals surface area contributed by atoms with Crippen LogP contribution >= 0.6 is 11.6 Å². The summed E-state index contributed by atoms with van der Waals surface area (Å²) in [6.07, 6.45) is 3.92. The van der Waals surface area contributed by atoms with Crippen LogP contribution in [0.3, 0.4) is 0 Å². The molecule has 0 atom stereocenters. The zero-order valence-corrected chi connectivity index (χ0v) is 14.8. The first-order chi connectivity index (χ1) is 13.5. The van der Waals surface area contributed by atoms with Gasteiger partial charge >= 0.3 is 5.97 Å². The van der Waals surface area contributed by atoms with Gasteiger partial charge in [0.15, 0.2) is 11.4 Å². The molecule has 0 aliphatic heterocycles. The van der Waals surface area contributed by atoms with Crippen LogP contribution in [0.1, 0.15) is 31.3 Å². The Balaban J connectivity index is 1.77. The summed E-state index contributed by atoms with van der Waals surface area (Å²) in [5.74, 6) is -2.25. The number of aromatic nitrogens is 3. The fourth-order valence-electron chi connectivity index (χ4n) is 2.25. The normalized spacial score (nSPS) is 10.2. The molecule has 3 rings (SSSR count). The monoisotopic (exact) mass is 397 g/mol. The average Bonchev–Trinajstić information content (AvgIpc) is 2.68. The van der Waals surface area contributed by atoms with Gasteiger partial charge in [0.2, 0.25) is 0 Å². The van der Waals surface area contributed by atoms with Gasteiger partial charge in [0.1, 0.15) is 5.82 Å². The van der Waals surface area contributed by atoms with Crippen LogP contribution < -0.4 is 10.6 Å². The predicted octanol–water partition coefficient (Wildman–Crippen LogP) is 2.73. The van der Waals surface area contributed by atoms with E-state index in [1.807, 2.05) is 0 Å². The lowest BCUT2D eigenvalue weighted by Gasteiger charge is -2.09. The molecule has 0 aliphatic carbocycles. The molecule has 28 heavy (non-hydrogen) atoms. The van der Waals surface area contributed by atoms with Crippen LogP contribution in [0.4, 0.5) is 11.5 Å². The number of amides is 2. The molecule has 9 nitrogen and oxygen atoms in total. The van der Waals surface area contributed by atoms with E-state index in [4.69, 9.17) is 16.7 Å². The van der Waals surface area contributed by atoms with E-state index in [0.29, 0.717) is 5.82 Å². The maximum absolute atomic E-state index is 12.3. The number of carbonyl (C=O) groups is 3. The molecule has 2 amide bonds. The molecular formula is C18H12ClN5O4. The highest BCUT2D eigenvalue weighted by atomic mass is 35.5. The van der Waals surface area contributed by atoms with E-state index < -0.39 is 23.5 Å². The first kappa shape index (κ1) is 18.9. The van der Waals surface area contributed by atoms with E-state index >= 15 is 0 Å². The molecule has 3 aromatic rings. The Kier molecular flexibility index (Phi) is 5.56. The van der Waals surface area contributed by atoms with Crippen molar-refractivity contribution in [1.29, 1.82) is 0 Å². The number of nitrogens with one attached hydrogen (secondary N) is 2. The van der Waals surface area contributed by atoms with Crippen molar-refractivity contribution in [3.8, 4) is 0 Å². The Morgan fingerprint density at radius 1 is 0.857 bits per heavy atom. The fourth-order valence-corrected chi connectivity index (χ4v) is 2.51. The minimum atomic E-state index is -1.38. The molecule has 0 radical (unpaired) electrons. The number of anilines is 2. The molecule has 0 aliphatic rings. The number of nitrogens with zero attached hydrogens (tertiary/aromatic N) is 3. The molecule has 0 saturated heterocycles. The van der Waals surface area contributed by atoms with Crippen LogP contribution in [0.25, 0.3) is 0 Å². The number of carbonyl (C=O) groups excluding carboxylic acids is 2. The second-order valence-electron chi connectivity index (χ2n) is 5.38. The van der Waals surface area contributed by atoms with E-state index in [1.54, 1.807) is 18.2 Å². The molecule has 2 heterocycles.